The number of nitrogens with zero attached hydrogens (tertiary/aromatic N) is 1. The zero-order valence-electron chi connectivity index (χ0n) is 14.2. The molecule has 3 aromatic rings. The Kier molecular flexibility index (Phi) is 4.43. The van der Waals surface area contributed by atoms with Crippen molar-refractivity contribution in [3.63, 3.8) is 0 Å². The van der Waals surface area contributed by atoms with E-state index in [1.165, 1.54) is 12.1 Å². The van der Waals surface area contributed by atoms with Crippen LogP contribution in [0, 0.1) is 10.1 Å². The second-order valence-corrected chi connectivity index (χ2v) is 6.07. The number of aldehydes is 1. The molecule has 0 aromatic heterocycles. The first-order valence-corrected chi connectivity index (χ1v) is 8.28. The lowest BCUT2D eigenvalue weighted by molar-refractivity contribution is -0.385. The molecular weight excluding hydrogens is 350 g/mol. The second-order valence-electron chi connectivity index (χ2n) is 6.07. The highest BCUT2D eigenvalue weighted by molar-refractivity contribution is 6.00. The summed E-state index contributed by atoms with van der Waals surface area (Å²) in [7, 11) is 0. The van der Waals surface area contributed by atoms with E-state index in [1.54, 1.807) is 6.07 Å². The summed E-state index contributed by atoms with van der Waals surface area (Å²) in [6.45, 7) is 0.343. The molecule has 27 heavy (non-hydrogen) atoms. The van der Waals surface area contributed by atoms with E-state index in [0.29, 0.717) is 28.2 Å². The molecule has 0 saturated carbocycles. The first-order chi connectivity index (χ1) is 13.2. The maximum Gasteiger partial charge on any atom is 0.270 e. The van der Waals surface area contributed by atoms with E-state index in [1.807, 2.05) is 30.3 Å². The fourth-order valence-corrected chi connectivity index (χ4v) is 3.17. The molecule has 1 heterocycles. The summed E-state index contributed by atoms with van der Waals surface area (Å²) in [6, 6.07) is 14.0. The monoisotopic (exact) mass is 365 g/mol. The number of benzene rings is 3. The molecule has 1 aliphatic heterocycles. The highest BCUT2D eigenvalue weighted by atomic mass is 16.7. The molecule has 0 saturated heterocycles. The molecule has 136 valence electrons. The van der Waals surface area contributed by atoms with Gasteiger partial charge in [-0.05, 0) is 16.8 Å². The molecule has 0 amide bonds. The number of hydrogen-bond donors (Lipinski definition) is 0. The Morgan fingerprint density at radius 2 is 2.04 bits per heavy atom. The van der Waals surface area contributed by atoms with Crippen LogP contribution in [-0.2, 0) is 18.0 Å². The number of carbonyl (C=O) groups is 1. The highest BCUT2D eigenvalue weighted by Gasteiger charge is 2.21. The number of carbonyl (C=O) groups excluding carboxylic acids is 1. The van der Waals surface area contributed by atoms with Crippen molar-refractivity contribution in [3.8, 4) is 11.5 Å². The van der Waals surface area contributed by atoms with E-state index < -0.39 is 4.92 Å². The van der Waals surface area contributed by atoms with Crippen molar-refractivity contribution in [2.45, 2.75) is 13.2 Å². The topological polar surface area (TPSA) is 87.9 Å². The van der Waals surface area contributed by atoms with Gasteiger partial charge in [-0.25, -0.2) is 0 Å². The zero-order chi connectivity index (χ0) is 18.8. The van der Waals surface area contributed by atoms with Gasteiger partial charge in [-0.1, -0.05) is 30.3 Å². The predicted molar refractivity (Wildman–Crippen MR) is 97.0 cm³/mol. The summed E-state index contributed by atoms with van der Waals surface area (Å²) in [4.78, 5) is 22.3. The minimum atomic E-state index is -0.467. The van der Waals surface area contributed by atoms with Crippen LogP contribution in [0.15, 0.2) is 48.5 Å². The van der Waals surface area contributed by atoms with Crippen molar-refractivity contribution in [1.82, 2.24) is 0 Å². The van der Waals surface area contributed by atoms with Crippen molar-refractivity contribution in [2.24, 2.45) is 0 Å². The number of nitro benzene ring substituents is 1. The minimum Gasteiger partial charge on any atom is -0.488 e. The molecule has 0 spiro atoms. The standard InChI is InChI=1S/C20H15NO6/c22-9-18-17-4-2-1-3-13(17)5-6-19(18)26-11-15-8-16(21(23)24)7-14-10-25-12-27-20(14)15/h1-9H,10-12H2. The molecule has 0 unspecified atom stereocenters. The third-order valence-electron chi connectivity index (χ3n) is 4.41. The molecule has 4 rings (SSSR count). The molecule has 3 aromatic carbocycles. The molecule has 0 fully saturated rings. The van der Waals surface area contributed by atoms with Crippen molar-refractivity contribution >= 4 is 22.7 Å². The Balaban J connectivity index is 1.70. The van der Waals surface area contributed by atoms with Crippen molar-refractivity contribution < 1.29 is 23.9 Å². The van der Waals surface area contributed by atoms with Gasteiger partial charge in [0.15, 0.2) is 13.1 Å². The van der Waals surface area contributed by atoms with Crippen molar-refractivity contribution in [1.29, 1.82) is 0 Å². The van der Waals surface area contributed by atoms with Crippen LogP contribution in [0.3, 0.4) is 0 Å². The first kappa shape index (κ1) is 17.0. The molecule has 0 bridgehead atoms. The first-order valence-electron chi connectivity index (χ1n) is 8.28. The number of hydrogen-bond acceptors (Lipinski definition) is 6. The molecular formula is C20H15NO6. The molecule has 7 heteroatoms. The smallest absolute Gasteiger partial charge is 0.270 e. The fraction of sp³-hybridized carbons (Fsp3) is 0.150. The number of rotatable bonds is 5. The van der Waals surface area contributed by atoms with Crippen LogP contribution in [0.2, 0.25) is 0 Å². The number of non-ortho nitro benzene ring substituents is 1. The van der Waals surface area contributed by atoms with Gasteiger partial charge in [-0.2, -0.15) is 0 Å². The SMILES string of the molecule is O=Cc1c(OCc2cc([N+](=O)[O-])cc3c2OCOC3)ccc2ccccc12. The van der Waals surface area contributed by atoms with Crippen LogP contribution in [0.5, 0.6) is 11.5 Å². The van der Waals surface area contributed by atoms with Gasteiger partial charge in [0, 0.05) is 23.3 Å². The van der Waals surface area contributed by atoms with Gasteiger partial charge < -0.3 is 14.2 Å². The molecule has 0 aliphatic carbocycles. The lowest BCUT2D eigenvalue weighted by atomic mass is 10.0. The Labute approximate surface area is 154 Å². The summed E-state index contributed by atoms with van der Waals surface area (Å²) in [5.41, 5.74) is 1.52. The van der Waals surface area contributed by atoms with Crippen LogP contribution in [-0.4, -0.2) is 18.0 Å². The fourth-order valence-electron chi connectivity index (χ4n) is 3.17. The third-order valence-corrected chi connectivity index (χ3v) is 4.41. The Bertz CT molecular complexity index is 1050. The van der Waals surface area contributed by atoms with Gasteiger partial charge in [-0.15, -0.1) is 0 Å². The molecule has 0 N–H and O–H groups in total. The summed E-state index contributed by atoms with van der Waals surface area (Å²) in [5.74, 6) is 0.941. The Morgan fingerprint density at radius 1 is 1.19 bits per heavy atom. The Morgan fingerprint density at radius 3 is 2.85 bits per heavy atom. The van der Waals surface area contributed by atoms with Crippen molar-refractivity contribution in [3.05, 3.63) is 75.3 Å². The van der Waals surface area contributed by atoms with Crippen LogP contribution >= 0.6 is 0 Å². The lowest BCUT2D eigenvalue weighted by Gasteiger charge is -2.21. The van der Waals surface area contributed by atoms with Crippen LogP contribution in [0.1, 0.15) is 21.5 Å². The van der Waals surface area contributed by atoms with Crippen LogP contribution in [0.4, 0.5) is 5.69 Å². The Hall–Kier alpha value is -3.45. The van der Waals surface area contributed by atoms with E-state index in [-0.39, 0.29) is 25.7 Å². The highest BCUT2D eigenvalue weighted by Crippen LogP contribution is 2.34. The van der Waals surface area contributed by atoms with Crippen LogP contribution < -0.4 is 9.47 Å². The average Bonchev–Trinajstić information content (AvgIpc) is 2.71. The van der Waals surface area contributed by atoms with E-state index >= 15 is 0 Å². The normalized spacial score (nSPS) is 12.9. The number of ether oxygens (including phenoxy) is 3. The lowest BCUT2D eigenvalue weighted by Crippen LogP contribution is -2.14. The van der Waals surface area contributed by atoms with E-state index in [4.69, 9.17) is 14.2 Å². The third kappa shape index (κ3) is 3.20. The molecule has 0 radical (unpaired) electrons. The van der Waals surface area contributed by atoms with Gasteiger partial charge in [0.05, 0.1) is 17.1 Å². The summed E-state index contributed by atoms with van der Waals surface area (Å²) < 4.78 is 16.6. The van der Waals surface area contributed by atoms with Gasteiger partial charge >= 0.3 is 0 Å². The molecule has 0 atom stereocenters. The van der Waals surface area contributed by atoms with Gasteiger partial charge in [-0.3, -0.25) is 14.9 Å². The number of nitro groups is 1. The largest absolute Gasteiger partial charge is 0.488 e. The van der Waals surface area contributed by atoms with Crippen LogP contribution in [0.25, 0.3) is 10.8 Å². The van der Waals surface area contributed by atoms with E-state index in [9.17, 15) is 14.9 Å². The number of fused-ring (bicyclic) bond motifs is 2. The maximum atomic E-state index is 11.6. The van der Waals surface area contributed by atoms with Crippen molar-refractivity contribution in [2.75, 3.05) is 6.79 Å². The van der Waals surface area contributed by atoms with Gasteiger partial charge in [0.2, 0.25) is 0 Å². The summed E-state index contributed by atoms with van der Waals surface area (Å²) in [5, 5.41) is 12.9. The maximum absolute atomic E-state index is 11.6. The zero-order valence-corrected chi connectivity index (χ0v) is 14.2. The molecule has 7 nitrogen and oxygen atoms in total. The predicted octanol–water partition coefficient (Wildman–Crippen LogP) is 4.01. The quantitative estimate of drug-likeness (QED) is 0.386. The average molecular weight is 365 g/mol. The van der Waals surface area contributed by atoms with Gasteiger partial charge in [0.1, 0.15) is 18.1 Å². The summed E-state index contributed by atoms with van der Waals surface area (Å²) >= 11 is 0. The van der Waals surface area contributed by atoms with E-state index in [2.05, 4.69) is 0 Å². The second kappa shape index (κ2) is 7.05. The van der Waals surface area contributed by atoms with Gasteiger partial charge in [0.25, 0.3) is 5.69 Å². The molecule has 1 aliphatic rings. The minimum absolute atomic E-state index is 0.0309. The van der Waals surface area contributed by atoms with E-state index in [0.717, 1.165) is 17.1 Å². The summed E-state index contributed by atoms with van der Waals surface area (Å²) in [6.07, 6.45) is 0.755.